The number of aliphatic imine (C=N–C) groups is 1. The third-order valence-corrected chi connectivity index (χ3v) is 15.2. The van der Waals surface area contributed by atoms with E-state index < -0.39 is 25.4 Å². The minimum Gasteiger partial charge on any atom is -0.385 e. The number of fused-ring (bicyclic) bond motifs is 5. The van der Waals surface area contributed by atoms with Crippen LogP contribution in [-0.2, 0) is 19.2 Å². The van der Waals surface area contributed by atoms with Crippen LogP contribution in [0, 0.1) is 5.41 Å². The molecule has 41 heavy (non-hydrogen) atoms. The highest BCUT2D eigenvalue weighted by atomic mass is 28.4. The van der Waals surface area contributed by atoms with E-state index in [0.717, 1.165) is 36.1 Å². The Labute approximate surface area is 249 Å². The third-order valence-electron chi connectivity index (χ3n) is 10.1. The summed E-state index contributed by atoms with van der Waals surface area (Å²) in [5.41, 5.74) is 2.24. The second-order valence-electron chi connectivity index (χ2n) is 16.8. The van der Waals surface area contributed by atoms with Crippen LogP contribution in [-0.4, -0.2) is 62.4 Å². The van der Waals surface area contributed by atoms with Gasteiger partial charge in [-0.3, -0.25) is 0 Å². The summed E-state index contributed by atoms with van der Waals surface area (Å²) in [4.78, 5) is 6.78. The molecule has 4 aliphatic rings. The summed E-state index contributed by atoms with van der Waals surface area (Å²) in [5, 5.41) is 12.3. The molecule has 1 aromatic carbocycles. The number of aliphatic hydroxyl groups is 1. The van der Waals surface area contributed by atoms with E-state index in [2.05, 4.69) is 93.5 Å². The second-order valence-corrected chi connectivity index (χ2v) is 21.5. The first kappa shape index (κ1) is 30.9. The van der Waals surface area contributed by atoms with Crippen molar-refractivity contribution in [1.29, 1.82) is 0 Å². The Bertz CT molecular complexity index is 1210. The van der Waals surface area contributed by atoms with Crippen molar-refractivity contribution >= 4 is 26.2 Å². The monoisotopic (exact) mass is 582 g/mol. The lowest BCUT2D eigenvalue weighted by molar-refractivity contribution is -0.220. The molecule has 0 amide bonds. The minimum absolute atomic E-state index is 0.104. The molecule has 0 radical (unpaired) electrons. The summed E-state index contributed by atoms with van der Waals surface area (Å²) in [6.45, 7) is 22.5. The van der Waals surface area contributed by atoms with Gasteiger partial charge in [-0.15, -0.1) is 0 Å². The number of hydrogen-bond donors (Lipinski definition) is 1. The van der Waals surface area contributed by atoms with Crippen molar-refractivity contribution in [3.63, 3.8) is 0 Å². The van der Waals surface area contributed by atoms with Crippen molar-refractivity contribution in [2.75, 3.05) is 14.1 Å². The number of benzene rings is 1. The molecule has 0 saturated carbocycles. The Morgan fingerprint density at radius 1 is 0.951 bits per heavy atom. The molecule has 3 heterocycles. The largest absolute Gasteiger partial charge is 0.385 e. The fourth-order valence-electron chi connectivity index (χ4n) is 8.28. The number of rotatable bonds is 4. The molecule has 0 spiro atoms. The number of hydrogen-bond acceptors (Lipinski definition) is 5. The Kier molecular flexibility index (Phi) is 7.16. The van der Waals surface area contributed by atoms with E-state index in [4.69, 9.17) is 18.6 Å². The van der Waals surface area contributed by atoms with E-state index >= 15 is 0 Å². The topological polar surface area (TPSA) is 63.5 Å². The van der Waals surface area contributed by atoms with Crippen LogP contribution in [0.15, 0.2) is 29.3 Å². The smallest absolute Gasteiger partial charge is 0.350 e. The lowest BCUT2D eigenvalue weighted by Gasteiger charge is -2.51. The summed E-state index contributed by atoms with van der Waals surface area (Å²) < 4.78 is 21.2. The van der Waals surface area contributed by atoms with Crippen LogP contribution in [0.4, 0.5) is 5.69 Å². The van der Waals surface area contributed by atoms with Gasteiger partial charge in [-0.2, -0.15) is 0 Å². The van der Waals surface area contributed by atoms with Gasteiger partial charge in [-0.05, 0) is 61.8 Å². The predicted octanol–water partition coefficient (Wildman–Crippen LogP) is 7.86. The summed E-state index contributed by atoms with van der Waals surface area (Å²) in [6, 6.07) is 6.35. The van der Waals surface area contributed by atoms with Gasteiger partial charge in [0.15, 0.2) is 0 Å². The zero-order valence-electron chi connectivity index (χ0n) is 27.6. The molecule has 1 N–H and O–H groups in total. The molecular formula is C34H54N2O4Si. The SMILES string of the molecule is CN(C)/C=N/c1ccc([C@@]2(O)C[C@@]3(C)O[C@@](C)(C2)[C@@H]2O[Si](C(C)(C)C)(C(C)(C)C)O[C@@H]23)cc1C1=CCC(C)(C)CC1. The van der Waals surface area contributed by atoms with Crippen LogP contribution < -0.4 is 0 Å². The molecule has 6 nitrogen and oxygen atoms in total. The Balaban J connectivity index is 1.54. The van der Waals surface area contributed by atoms with Crippen molar-refractivity contribution < 1.29 is 18.7 Å². The van der Waals surface area contributed by atoms with Crippen molar-refractivity contribution in [2.24, 2.45) is 10.4 Å². The first-order valence-corrected chi connectivity index (χ1v) is 17.3. The molecular weight excluding hydrogens is 528 g/mol. The van der Waals surface area contributed by atoms with E-state index in [0.29, 0.717) is 18.3 Å². The summed E-state index contributed by atoms with van der Waals surface area (Å²) in [7, 11) is 1.30. The first-order valence-electron chi connectivity index (χ1n) is 15.5. The second kappa shape index (κ2) is 9.49. The van der Waals surface area contributed by atoms with E-state index in [1.165, 1.54) is 5.57 Å². The van der Waals surface area contributed by atoms with Gasteiger partial charge in [0.25, 0.3) is 0 Å². The van der Waals surface area contributed by atoms with Crippen molar-refractivity contribution in [3.05, 3.63) is 35.4 Å². The van der Waals surface area contributed by atoms with Gasteiger partial charge < -0.3 is 23.6 Å². The fraction of sp³-hybridized carbons (Fsp3) is 0.735. The first-order chi connectivity index (χ1) is 18.6. The molecule has 7 heteroatoms. The van der Waals surface area contributed by atoms with Crippen molar-refractivity contribution in [2.45, 2.75) is 140 Å². The zero-order valence-corrected chi connectivity index (χ0v) is 28.6. The van der Waals surface area contributed by atoms with Crippen LogP contribution >= 0.6 is 0 Å². The number of nitrogens with zero attached hydrogens (tertiary/aromatic N) is 2. The summed E-state index contributed by atoms with van der Waals surface area (Å²) in [6.07, 6.45) is 7.94. The molecule has 1 aliphatic carbocycles. The number of allylic oxidation sites excluding steroid dienone is 2. The average molecular weight is 583 g/mol. The van der Waals surface area contributed by atoms with Crippen LogP contribution in [0.25, 0.3) is 5.57 Å². The maximum absolute atomic E-state index is 12.5. The van der Waals surface area contributed by atoms with E-state index in [9.17, 15) is 5.11 Å². The molecule has 5 rings (SSSR count). The summed E-state index contributed by atoms with van der Waals surface area (Å²) in [5.74, 6) is 0. The van der Waals surface area contributed by atoms with Gasteiger partial charge in [0.1, 0.15) is 12.2 Å². The minimum atomic E-state index is -2.68. The predicted molar refractivity (Wildman–Crippen MR) is 170 cm³/mol. The van der Waals surface area contributed by atoms with Gasteiger partial charge in [0.05, 0.1) is 28.8 Å². The van der Waals surface area contributed by atoms with E-state index in [1.54, 1.807) is 0 Å². The molecule has 0 unspecified atom stereocenters. The fourth-order valence-corrected chi connectivity index (χ4v) is 13.5. The van der Waals surface area contributed by atoms with E-state index in [1.807, 2.05) is 25.3 Å². The van der Waals surface area contributed by atoms with Crippen LogP contribution in [0.1, 0.15) is 112 Å². The van der Waals surface area contributed by atoms with Crippen molar-refractivity contribution in [3.8, 4) is 0 Å². The van der Waals surface area contributed by atoms with Gasteiger partial charge in [0.2, 0.25) is 0 Å². The lowest BCUT2D eigenvalue weighted by Crippen LogP contribution is -2.59. The maximum Gasteiger partial charge on any atom is 0.350 e. The Morgan fingerprint density at radius 3 is 1.98 bits per heavy atom. The van der Waals surface area contributed by atoms with Crippen LogP contribution in [0.3, 0.4) is 0 Å². The molecule has 0 aromatic heterocycles. The van der Waals surface area contributed by atoms with Crippen LogP contribution in [0.5, 0.6) is 0 Å². The zero-order chi connectivity index (χ0) is 30.4. The highest BCUT2D eigenvalue weighted by Crippen LogP contribution is 2.65. The van der Waals surface area contributed by atoms with Gasteiger partial charge in [-0.25, -0.2) is 4.99 Å². The highest BCUT2D eigenvalue weighted by molar-refractivity contribution is 6.74. The quantitative estimate of drug-likeness (QED) is 0.222. The maximum atomic E-state index is 12.5. The van der Waals surface area contributed by atoms with E-state index in [-0.39, 0.29) is 22.3 Å². The van der Waals surface area contributed by atoms with Crippen molar-refractivity contribution in [1.82, 2.24) is 4.90 Å². The molecule has 228 valence electrons. The van der Waals surface area contributed by atoms with Gasteiger partial charge in [-0.1, -0.05) is 67.5 Å². The molecule has 2 bridgehead atoms. The molecule has 3 aliphatic heterocycles. The van der Waals surface area contributed by atoms with Crippen LogP contribution in [0.2, 0.25) is 10.1 Å². The molecule has 1 aromatic rings. The molecule has 5 atom stereocenters. The normalized spacial score (nSPS) is 36.4. The van der Waals surface area contributed by atoms with Gasteiger partial charge >= 0.3 is 8.56 Å². The van der Waals surface area contributed by atoms with Gasteiger partial charge in [0, 0.05) is 42.6 Å². The third kappa shape index (κ3) is 5.07. The molecule has 3 saturated heterocycles. The highest BCUT2D eigenvalue weighted by Gasteiger charge is 2.76. The molecule has 3 fully saturated rings. The lowest BCUT2D eigenvalue weighted by atomic mass is 9.74. The standard InChI is InChI=1S/C34H54N2O4Si/c1-29(2,3)41(30(4,5)6)38-27-28(39-41)33(10)21-34(37,20-32(27,9)40-33)24-13-14-26(35-22-36(11)12)25(19-24)23-15-17-31(7,8)18-16-23/h13-15,19,22,27-28,37H,16-18,20-21H2,1-12H3/b35-22+/t27-,28+,32+,33-,34+. The average Bonchev–Trinajstić information content (AvgIpc) is 3.32. The summed E-state index contributed by atoms with van der Waals surface area (Å²) >= 11 is 0. The number of ether oxygens (including phenoxy) is 1. The Morgan fingerprint density at radius 2 is 1.51 bits per heavy atom. The Hall–Kier alpha value is -1.51.